The molecule has 10 heavy (non-hydrogen) atoms. The van der Waals surface area contributed by atoms with E-state index >= 15 is 0 Å². The summed E-state index contributed by atoms with van der Waals surface area (Å²) in [5, 5.41) is 7.24. The van der Waals surface area contributed by atoms with Crippen LogP contribution >= 0.6 is 0 Å². The Morgan fingerprint density at radius 3 is 2.50 bits per heavy atom. The summed E-state index contributed by atoms with van der Waals surface area (Å²) in [5.74, 6) is 0.441. The van der Waals surface area contributed by atoms with Gasteiger partial charge in [0.15, 0.2) is 5.90 Å². The van der Waals surface area contributed by atoms with E-state index < -0.39 is 0 Å². The van der Waals surface area contributed by atoms with Crippen molar-refractivity contribution in [1.29, 1.82) is 5.41 Å². The maximum absolute atomic E-state index is 7.24. The second-order valence-electron chi connectivity index (χ2n) is 2.38. The molecule has 0 saturated heterocycles. The van der Waals surface area contributed by atoms with Gasteiger partial charge in [0.05, 0.1) is 6.61 Å². The summed E-state index contributed by atoms with van der Waals surface area (Å²) in [4.78, 5) is 0. The number of hydrogen-bond acceptors (Lipinski definition) is 2. The second kappa shape index (κ2) is 6.59. The summed E-state index contributed by atoms with van der Waals surface area (Å²) in [6.45, 7) is 4.89. The lowest BCUT2D eigenvalue weighted by Crippen LogP contribution is -2.03. The zero-order chi connectivity index (χ0) is 7.82. The summed E-state index contributed by atoms with van der Waals surface area (Å²) in [5.41, 5.74) is 0. The van der Waals surface area contributed by atoms with Gasteiger partial charge in [-0.05, 0) is 12.8 Å². The molecule has 0 aromatic rings. The number of rotatable bonds is 5. The van der Waals surface area contributed by atoms with Crippen LogP contribution in [0.5, 0.6) is 0 Å². The normalized spacial score (nSPS) is 9.40. The van der Waals surface area contributed by atoms with E-state index in [0.29, 0.717) is 5.90 Å². The third kappa shape index (κ3) is 5.60. The predicted octanol–water partition coefficient (Wildman–Crippen LogP) is 2.58. The van der Waals surface area contributed by atoms with Gasteiger partial charge in [0.25, 0.3) is 0 Å². The van der Waals surface area contributed by atoms with Crippen LogP contribution in [-0.2, 0) is 4.74 Å². The standard InChI is InChI=1S/C8H17NO/c1-3-5-7-10-8(9)6-4-2/h9H,3-7H2,1-2H3. The average molecular weight is 143 g/mol. The highest BCUT2D eigenvalue weighted by Gasteiger charge is 1.93. The number of hydrogen-bond donors (Lipinski definition) is 1. The van der Waals surface area contributed by atoms with Gasteiger partial charge in [0.2, 0.25) is 0 Å². The Hall–Kier alpha value is -0.530. The van der Waals surface area contributed by atoms with Crippen LogP contribution in [0.3, 0.4) is 0 Å². The highest BCUT2D eigenvalue weighted by atomic mass is 16.5. The quantitative estimate of drug-likeness (QED) is 0.358. The minimum absolute atomic E-state index is 0.441. The maximum Gasteiger partial charge on any atom is 0.180 e. The van der Waals surface area contributed by atoms with Crippen molar-refractivity contribution in [2.24, 2.45) is 0 Å². The summed E-state index contributed by atoms with van der Waals surface area (Å²) in [6, 6.07) is 0. The molecule has 0 rings (SSSR count). The van der Waals surface area contributed by atoms with Crippen molar-refractivity contribution in [3.8, 4) is 0 Å². The predicted molar refractivity (Wildman–Crippen MR) is 43.5 cm³/mol. The zero-order valence-electron chi connectivity index (χ0n) is 6.94. The third-order valence-corrected chi connectivity index (χ3v) is 1.25. The molecule has 0 aliphatic heterocycles. The summed E-state index contributed by atoms with van der Waals surface area (Å²) in [6.07, 6.45) is 3.99. The van der Waals surface area contributed by atoms with Crippen LogP contribution in [0.2, 0.25) is 0 Å². The van der Waals surface area contributed by atoms with Gasteiger partial charge in [-0.1, -0.05) is 20.3 Å². The van der Waals surface area contributed by atoms with Crippen molar-refractivity contribution >= 4 is 5.90 Å². The van der Waals surface area contributed by atoms with Crippen molar-refractivity contribution in [2.45, 2.75) is 39.5 Å². The molecule has 0 saturated carbocycles. The van der Waals surface area contributed by atoms with Crippen LogP contribution in [0.1, 0.15) is 39.5 Å². The topological polar surface area (TPSA) is 33.1 Å². The first kappa shape index (κ1) is 9.47. The van der Waals surface area contributed by atoms with Gasteiger partial charge < -0.3 is 4.74 Å². The van der Waals surface area contributed by atoms with Gasteiger partial charge in [0.1, 0.15) is 0 Å². The van der Waals surface area contributed by atoms with E-state index in [1.54, 1.807) is 0 Å². The van der Waals surface area contributed by atoms with Crippen LogP contribution in [0, 0.1) is 5.41 Å². The molecule has 0 aliphatic carbocycles. The largest absolute Gasteiger partial charge is 0.481 e. The lowest BCUT2D eigenvalue weighted by atomic mass is 10.3. The number of nitrogens with one attached hydrogen (secondary N) is 1. The molecule has 0 bridgehead atoms. The summed E-state index contributed by atoms with van der Waals surface area (Å²) >= 11 is 0. The first-order chi connectivity index (χ1) is 4.81. The fourth-order valence-corrected chi connectivity index (χ4v) is 0.639. The lowest BCUT2D eigenvalue weighted by Gasteiger charge is -2.03. The smallest absolute Gasteiger partial charge is 0.180 e. The van der Waals surface area contributed by atoms with Crippen LogP contribution in [0.4, 0.5) is 0 Å². The fraction of sp³-hybridized carbons (Fsp3) is 0.875. The molecule has 0 spiro atoms. The minimum Gasteiger partial charge on any atom is -0.481 e. The zero-order valence-corrected chi connectivity index (χ0v) is 6.94. The average Bonchev–Trinajstić information content (AvgIpc) is 1.89. The summed E-state index contributed by atoms with van der Waals surface area (Å²) in [7, 11) is 0. The number of unbranched alkanes of at least 4 members (excludes halogenated alkanes) is 1. The van der Waals surface area contributed by atoms with Crippen molar-refractivity contribution < 1.29 is 4.74 Å². The minimum atomic E-state index is 0.441. The Balaban J connectivity index is 3.05. The molecule has 0 heterocycles. The highest BCUT2D eigenvalue weighted by Crippen LogP contribution is 1.94. The maximum atomic E-state index is 7.24. The Labute approximate surface area is 63.1 Å². The molecule has 0 atom stereocenters. The molecular formula is C8H17NO. The van der Waals surface area contributed by atoms with E-state index in [2.05, 4.69) is 13.8 Å². The van der Waals surface area contributed by atoms with E-state index in [1.165, 1.54) is 0 Å². The highest BCUT2D eigenvalue weighted by molar-refractivity contribution is 5.72. The molecule has 2 nitrogen and oxygen atoms in total. The van der Waals surface area contributed by atoms with Crippen molar-refractivity contribution in [1.82, 2.24) is 0 Å². The van der Waals surface area contributed by atoms with E-state index in [1.807, 2.05) is 0 Å². The molecule has 1 N–H and O–H groups in total. The molecule has 0 radical (unpaired) electrons. The molecule has 0 aromatic carbocycles. The fourth-order valence-electron chi connectivity index (χ4n) is 0.639. The van der Waals surface area contributed by atoms with E-state index in [-0.39, 0.29) is 0 Å². The summed E-state index contributed by atoms with van der Waals surface area (Å²) < 4.78 is 5.11. The number of ether oxygens (including phenoxy) is 1. The van der Waals surface area contributed by atoms with Gasteiger partial charge in [-0.3, -0.25) is 5.41 Å². The van der Waals surface area contributed by atoms with Crippen molar-refractivity contribution in [3.63, 3.8) is 0 Å². The Kier molecular flexibility index (Phi) is 6.24. The van der Waals surface area contributed by atoms with E-state index in [0.717, 1.165) is 32.3 Å². The van der Waals surface area contributed by atoms with E-state index in [9.17, 15) is 0 Å². The molecule has 0 aliphatic rings. The van der Waals surface area contributed by atoms with Crippen molar-refractivity contribution in [2.75, 3.05) is 6.61 Å². The van der Waals surface area contributed by atoms with E-state index in [4.69, 9.17) is 10.1 Å². The molecule has 0 amide bonds. The first-order valence-corrected chi connectivity index (χ1v) is 4.01. The molecule has 0 fully saturated rings. The first-order valence-electron chi connectivity index (χ1n) is 4.01. The van der Waals surface area contributed by atoms with Crippen LogP contribution in [-0.4, -0.2) is 12.5 Å². The Morgan fingerprint density at radius 1 is 1.30 bits per heavy atom. The molecule has 0 unspecified atom stereocenters. The van der Waals surface area contributed by atoms with Gasteiger partial charge >= 0.3 is 0 Å². The van der Waals surface area contributed by atoms with Crippen LogP contribution in [0.15, 0.2) is 0 Å². The van der Waals surface area contributed by atoms with Gasteiger partial charge in [-0.25, -0.2) is 0 Å². The Morgan fingerprint density at radius 2 is 2.00 bits per heavy atom. The lowest BCUT2D eigenvalue weighted by molar-refractivity contribution is 0.285. The van der Waals surface area contributed by atoms with Gasteiger partial charge in [-0.15, -0.1) is 0 Å². The van der Waals surface area contributed by atoms with Crippen molar-refractivity contribution in [3.05, 3.63) is 0 Å². The monoisotopic (exact) mass is 143 g/mol. The molecule has 60 valence electrons. The van der Waals surface area contributed by atoms with Crippen LogP contribution in [0.25, 0.3) is 0 Å². The van der Waals surface area contributed by atoms with Gasteiger partial charge in [-0.2, -0.15) is 0 Å². The van der Waals surface area contributed by atoms with Crippen LogP contribution < -0.4 is 0 Å². The molecule has 2 heteroatoms. The SMILES string of the molecule is CCCCOC(=N)CCC. The third-order valence-electron chi connectivity index (χ3n) is 1.25. The second-order valence-corrected chi connectivity index (χ2v) is 2.38. The molecular weight excluding hydrogens is 126 g/mol. The van der Waals surface area contributed by atoms with Gasteiger partial charge in [0, 0.05) is 6.42 Å². The molecule has 0 aromatic heterocycles. The Bertz CT molecular complexity index is 91.3.